The predicted molar refractivity (Wildman–Crippen MR) is 76.9 cm³/mol. The number of nitrogens with zero attached hydrogens (tertiary/aromatic N) is 4. The molecule has 2 heterocycles. The van der Waals surface area contributed by atoms with Gasteiger partial charge in [0, 0.05) is 26.2 Å². The lowest BCUT2D eigenvalue weighted by Crippen LogP contribution is -2.45. The standard InChI is InChI=1S/C14H20N4O2/c1-5-10-7-6-9(2)18(10)12-11(8-15)13(19)17(4)14(20)16(12)3/h9-10H,5-7H2,1-4H3. The summed E-state index contributed by atoms with van der Waals surface area (Å²) >= 11 is 0. The second kappa shape index (κ2) is 5.16. The fourth-order valence-corrected chi connectivity index (χ4v) is 3.09. The van der Waals surface area contributed by atoms with Crippen molar-refractivity contribution in [3.05, 3.63) is 26.4 Å². The summed E-state index contributed by atoms with van der Waals surface area (Å²) in [6, 6.07) is 2.48. The van der Waals surface area contributed by atoms with Crippen LogP contribution in [-0.2, 0) is 14.1 Å². The summed E-state index contributed by atoms with van der Waals surface area (Å²) in [4.78, 5) is 26.3. The molecule has 1 aromatic heterocycles. The van der Waals surface area contributed by atoms with E-state index in [1.807, 2.05) is 6.07 Å². The molecule has 20 heavy (non-hydrogen) atoms. The second-order valence-corrected chi connectivity index (χ2v) is 5.41. The molecule has 108 valence electrons. The fourth-order valence-electron chi connectivity index (χ4n) is 3.09. The van der Waals surface area contributed by atoms with Gasteiger partial charge >= 0.3 is 5.69 Å². The third kappa shape index (κ3) is 1.94. The van der Waals surface area contributed by atoms with E-state index >= 15 is 0 Å². The lowest BCUT2D eigenvalue weighted by molar-refractivity contribution is 0.585. The molecule has 6 heteroatoms. The molecule has 0 aromatic carbocycles. The van der Waals surface area contributed by atoms with Crippen LogP contribution in [0.3, 0.4) is 0 Å². The van der Waals surface area contributed by atoms with Gasteiger partial charge in [-0.3, -0.25) is 13.9 Å². The van der Waals surface area contributed by atoms with Gasteiger partial charge in [-0.1, -0.05) is 6.92 Å². The van der Waals surface area contributed by atoms with Crippen LogP contribution in [0.15, 0.2) is 9.59 Å². The van der Waals surface area contributed by atoms with Crippen LogP contribution in [0, 0.1) is 11.3 Å². The Morgan fingerprint density at radius 2 is 1.90 bits per heavy atom. The number of hydrogen-bond donors (Lipinski definition) is 0. The quantitative estimate of drug-likeness (QED) is 0.798. The van der Waals surface area contributed by atoms with Gasteiger partial charge in [0.15, 0.2) is 5.56 Å². The second-order valence-electron chi connectivity index (χ2n) is 5.41. The van der Waals surface area contributed by atoms with Crippen molar-refractivity contribution in [1.29, 1.82) is 5.26 Å². The molecule has 0 saturated carbocycles. The molecule has 1 saturated heterocycles. The van der Waals surface area contributed by atoms with E-state index in [4.69, 9.17) is 0 Å². The highest BCUT2D eigenvalue weighted by Crippen LogP contribution is 2.32. The number of hydrogen-bond acceptors (Lipinski definition) is 4. The van der Waals surface area contributed by atoms with Crippen molar-refractivity contribution >= 4 is 5.82 Å². The largest absolute Gasteiger partial charge is 0.351 e. The van der Waals surface area contributed by atoms with Gasteiger partial charge in [-0.2, -0.15) is 5.26 Å². The molecule has 0 spiro atoms. The van der Waals surface area contributed by atoms with Crippen molar-refractivity contribution in [2.45, 2.75) is 45.2 Å². The van der Waals surface area contributed by atoms with E-state index in [1.54, 1.807) is 7.05 Å². The molecule has 2 rings (SSSR count). The zero-order valence-corrected chi connectivity index (χ0v) is 12.4. The van der Waals surface area contributed by atoms with Crippen molar-refractivity contribution in [1.82, 2.24) is 9.13 Å². The van der Waals surface area contributed by atoms with Crippen LogP contribution in [0.2, 0.25) is 0 Å². The smallest absolute Gasteiger partial charge is 0.332 e. The summed E-state index contributed by atoms with van der Waals surface area (Å²) in [5.41, 5.74) is -0.848. The summed E-state index contributed by atoms with van der Waals surface area (Å²) in [5, 5.41) is 9.34. The van der Waals surface area contributed by atoms with Crippen molar-refractivity contribution in [2.75, 3.05) is 4.90 Å². The molecule has 2 atom stereocenters. The first-order chi connectivity index (χ1) is 9.43. The van der Waals surface area contributed by atoms with Crippen LogP contribution in [-0.4, -0.2) is 21.2 Å². The molecule has 1 fully saturated rings. The van der Waals surface area contributed by atoms with E-state index in [0.29, 0.717) is 5.82 Å². The number of anilines is 1. The SMILES string of the molecule is CCC1CCC(C)N1c1c(C#N)c(=O)n(C)c(=O)n1C. The Morgan fingerprint density at radius 1 is 1.25 bits per heavy atom. The molecule has 1 aliphatic heterocycles. The Morgan fingerprint density at radius 3 is 2.45 bits per heavy atom. The van der Waals surface area contributed by atoms with Gasteiger partial charge in [0.1, 0.15) is 11.9 Å². The zero-order valence-electron chi connectivity index (χ0n) is 12.4. The lowest BCUT2D eigenvalue weighted by atomic mass is 10.1. The minimum atomic E-state index is -0.514. The Hall–Kier alpha value is -2.03. The molecular weight excluding hydrogens is 256 g/mol. The maximum atomic E-state index is 12.2. The van der Waals surface area contributed by atoms with Gasteiger partial charge in [0.25, 0.3) is 5.56 Å². The molecule has 0 radical (unpaired) electrons. The minimum absolute atomic E-state index is 0.0572. The normalized spacial score (nSPS) is 22.1. The van der Waals surface area contributed by atoms with Crippen LogP contribution in [0.4, 0.5) is 5.82 Å². The maximum Gasteiger partial charge on any atom is 0.332 e. The van der Waals surface area contributed by atoms with E-state index in [2.05, 4.69) is 18.7 Å². The van der Waals surface area contributed by atoms with E-state index < -0.39 is 11.2 Å². The molecule has 2 unspecified atom stereocenters. The van der Waals surface area contributed by atoms with Crippen LogP contribution < -0.4 is 16.1 Å². The first kappa shape index (κ1) is 14.4. The molecule has 0 N–H and O–H groups in total. The van der Waals surface area contributed by atoms with Gasteiger partial charge in [-0.05, 0) is 26.2 Å². The third-order valence-electron chi connectivity index (χ3n) is 4.25. The van der Waals surface area contributed by atoms with Gasteiger partial charge in [-0.25, -0.2) is 4.79 Å². The number of aromatic nitrogens is 2. The monoisotopic (exact) mass is 276 g/mol. The average molecular weight is 276 g/mol. The van der Waals surface area contributed by atoms with Gasteiger partial charge < -0.3 is 4.90 Å². The van der Waals surface area contributed by atoms with Crippen molar-refractivity contribution in [3.63, 3.8) is 0 Å². The lowest BCUT2D eigenvalue weighted by Gasteiger charge is -2.32. The Balaban J connectivity index is 2.78. The molecule has 0 amide bonds. The van der Waals surface area contributed by atoms with E-state index in [-0.39, 0.29) is 17.6 Å². The van der Waals surface area contributed by atoms with E-state index in [0.717, 1.165) is 23.8 Å². The average Bonchev–Trinajstić information content (AvgIpc) is 2.81. The molecule has 6 nitrogen and oxygen atoms in total. The van der Waals surface area contributed by atoms with Gasteiger partial charge in [0.05, 0.1) is 0 Å². The van der Waals surface area contributed by atoms with Crippen molar-refractivity contribution in [2.24, 2.45) is 14.1 Å². The first-order valence-electron chi connectivity index (χ1n) is 6.92. The van der Waals surface area contributed by atoms with Crippen LogP contribution in [0.25, 0.3) is 0 Å². The molecule has 1 aromatic rings. The summed E-state index contributed by atoms with van der Waals surface area (Å²) in [5.74, 6) is 0.470. The van der Waals surface area contributed by atoms with Crippen molar-refractivity contribution in [3.8, 4) is 6.07 Å². The number of nitriles is 1. The van der Waals surface area contributed by atoms with Crippen LogP contribution in [0.5, 0.6) is 0 Å². The summed E-state index contributed by atoms with van der Waals surface area (Å²) in [6.45, 7) is 4.15. The van der Waals surface area contributed by atoms with E-state index in [9.17, 15) is 14.9 Å². The highest BCUT2D eigenvalue weighted by atomic mass is 16.2. The topological polar surface area (TPSA) is 71.0 Å². The van der Waals surface area contributed by atoms with E-state index in [1.165, 1.54) is 11.6 Å². The minimum Gasteiger partial charge on any atom is -0.351 e. The van der Waals surface area contributed by atoms with Gasteiger partial charge in [-0.15, -0.1) is 0 Å². The fraction of sp³-hybridized carbons (Fsp3) is 0.643. The molecule has 1 aliphatic rings. The molecule has 0 aliphatic carbocycles. The number of rotatable bonds is 2. The van der Waals surface area contributed by atoms with Crippen molar-refractivity contribution < 1.29 is 0 Å². The highest BCUT2D eigenvalue weighted by Gasteiger charge is 2.34. The van der Waals surface area contributed by atoms with Gasteiger partial charge in [0.2, 0.25) is 0 Å². The first-order valence-corrected chi connectivity index (χ1v) is 6.92. The Labute approximate surface area is 117 Å². The van der Waals surface area contributed by atoms with Crippen LogP contribution in [0.1, 0.15) is 38.7 Å². The zero-order chi connectivity index (χ0) is 15.0. The summed E-state index contributed by atoms with van der Waals surface area (Å²) in [6.07, 6.45) is 2.96. The highest BCUT2D eigenvalue weighted by molar-refractivity contribution is 5.55. The van der Waals surface area contributed by atoms with Crippen LogP contribution >= 0.6 is 0 Å². The molecular formula is C14H20N4O2. The maximum absolute atomic E-state index is 12.2. The third-order valence-corrected chi connectivity index (χ3v) is 4.25. The predicted octanol–water partition coefficient (Wildman–Crippen LogP) is 0.723. The Kier molecular flexibility index (Phi) is 3.71. The summed E-state index contributed by atoms with van der Waals surface area (Å²) < 4.78 is 2.41. The Bertz CT molecular complexity index is 680. The molecule has 0 bridgehead atoms. The summed E-state index contributed by atoms with van der Waals surface area (Å²) in [7, 11) is 3.02.